The lowest BCUT2D eigenvalue weighted by Gasteiger charge is -2.62. The first-order chi connectivity index (χ1) is 13.9. The van der Waals surface area contributed by atoms with Crippen LogP contribution in [0.2, 0.25) is 0 Å². The SMILES string of the molecule is Cc1cncc(C(=O)NC23CC4CC(C2)CC(NC(=O)c2ncccn2)(C4)C3)n1. The van der Waals surface area contributed by atoms with Crippen LogP contribution < -0.4 is 10.6 Å². The van der Waals surface area contributed by atoms with E-state index in [9.17, 15) is 9.59 Å². The molecule has 2 N–H and O–H groups in total. The highest BCUT2D eigenvalue weighted by Crippen LogP contribution is 2.57. The van der Waals surface area contributed by atoms with Crippen LogP contribution >= 0.6 is 0 Å². The fourth-order valence-corrected chi connectivity index (χ4v) is 6.15. The minimum absolute atomic E-state index is 0.184. The van der Waals surface area contributed by atoms with E-state index in [0.29, 0.717) is 17.5 Å². The lowest BCUT2D eigenvalue weighted by atomic mass is 9.50. The minimum atomic E-state index is -0.314. The number of hydrogen-bond donors (Lipinski definition) is 2. The van der Waals surface area contributed by atoms with Crippen LogP contribution in [0.3, 0.4) is 0 Å². The number of nitrogens with zero attached hydrogens (tertiary/aromatic N) is 4. The molecule has 150 valence electrons. The molecule has 0 spiro atoms. The molecule has 0 aliphatic heterocycles. The standard InChI is InChI=1S/C21H24N6O2/c1-13-10-22-11-16(25-13)18(28)26-20-6-14-5-15(7-20)9-21(8-14,12-20)27-19(29)17-23-3-2-4-24-17/h2-4,10-11,14-15H,5-9,12H2,1H3,(H,26,28)(H,27,29). The van der Waals surface area contributed by atoms with Gasteiger partial charge in [-0.05, 0) is 63.4 Å². The zero-order valence-electron chi connectivity index (χ0n) is 16.4. The van der Waals surface area contributed by atoms with Crippen molar-refractivity contribution in [2.75, 3.05) is 0 Å². The molecule has 4 bridgehead atoms. The van der Waals surface area contributed by atoms with Crippen LogP contribution in [0.5, 0.6) is 0 Å². The van der Waals surface area contributed by atoms with Crippen LogP contribution in [0.1, 0.15) is 65.3 Å². The van der Waals surface area contributed by atoms with Gasteiger partial charge in [0.2, 0.25) is 5.82 Å². The Balaban J connectivity index is 1.38. The first-order valence-electron chi connectivity index (χ1n) is 10.2. The molecule has 0 aromatic carbocycles. The Hall–Kier alpha value is -2.90. The van der Waals surface area contributed by atoms with Gasteiger partial charge in [0.05, 0.1) is 11.9 Å². The van der Waals surface area contributed by atoms with E-state index in [2.05, 4.69) is 30.6 Å². The van der Waals surface area contributed by atoms with Gasteiger partial charge in [-0.25, -0.2) is 15.0 Å². The number of hydrogen-bond acceptors (Lipinski definition) is 6. The zero-order chi connectivity index (χ0) is 20.1. The molecule has 2 heterocycles. The average molecular weight is 392 g/mol. The molecule has 8 heteroatoms. The van der Waals surface area contributed by atoms with Crippen molar-refractivity contribution >= 4 is 11.8 Å². The second-order valence-corrected chi connectivity index (χ2v) is 9.05. The van der Waals surface area contributed by atoms with Crippen LogP contribution in [0.15, 0.2) is 30.9 Å². The summed E-state index contributed by atoms with van der Waals surface area (Å²) in [5, 5.41) is 6.53. The second-order valence-electron chi connectivity index (χ2n) is 9.05. The molecule has 2 unspecified atom stereocenters. The molecule has 29 heavy (non-hydrogen) atoms. The van der Waals surface area contributed by atoms with Gasteiger partial charge in [0.15, 0.2) is 0 Å². The molecule has 6 rings (SSSR count). The zero-order valence-corrected chi connectivity index (χ0v) is 16.4. The third-order valence-electron chi connectivity index (χ3n) is 6.57. The summed E-state index contributed by atoms with van der Waals surface area (Å²) in [5.74, 6) is 0.764. The van der Waals surface area contributed by atoms with Crippen molar-refractivity contribution < 1.29 is 9.59 Å². The van der Waals surface area contributed by atoms with Crippen LogP contribution in [-0.4, -0.2) is 42.8 Å². The number of aryl methyl sites for hydroxylation is 1. The summed E-state index contributed by atoms with van der Waals surface area (Å²) < 4.78 is 0. The smallest absolute Gasteiger partial charge is 0.289 e. The maximum absolute atomic E-state index is 12.9. The van der Waals surface area contributed by atoms with Crippen LogP contribution in [0, 0.1) is 18.8 Å². The number of aromatic nitrogens is 4. The van der Waals surface area contributed by atoms with Crippen molar-refractivity contribution in [3.8, 4) is 0 Å². The van der Waals surface area contributed by atoms with Crippen molar-refractivity contribution in [3.05, 3.63) is 48.1 Å². The van der Waals surface area contributed by atoms with Gasteiger partial charge in [0.25, 0.3) is 11.8 Å². The number of rotatable bonds is 4. The van der Waals surface area contributed by atoms with Gasteiger partial charge >= 0.3 is 0 Å². The van der Waals surface area contributed by atoms with Gasteiger partial charge in [0.1, 0.15) is 5.69 Å². The van der Waals surface area contributed by atoms with Gasteiger partial charge in [-0.15, -0.1) is 0 Å². The monoisotopic (exact) mass is 392 g/mol. The number of carbonyl (C=O) groups excluding carboxylic acids is 2. The highest BCUT2D eigenvalue weighted by Gasteiger charge is 2.59. The molecular formula is C21H24N6O2. The molecule has 8 nitrogen and oxygen atoms in total. The summed E-state index contributed by atoms with van der Waals surface area (Å²) in [4.78, 5) is 42.3. The van der Waals surface area contributed by atoms with E-state index in [0.717, 1.165) is 37.8 Å². The Labute approximate surface area is 169 Å². The lowest BCUT2D eigenvalue weighted by Crippen LogP contribution is -2.70. The van der Waals surface area contributed by atoms with Crippen molar-refractivity contribution in [2.24, 2.45) is 11.8 Å². The first-order valence-corrected chi connectivity index (χ1v) is 10.2. The molecule has 4 fully saturated rings. The molecule has 4 aliphatic carbocycles. The van der Waals surface area contributed by atoms with E-state index in [1.54, 1.807) is 24.7 Å². The Morgan fingerprint density at radius 2 is 1.59 bits per heavy atom. The summed E-state index contributed by atoms with van der Waals surface area (Å²) in [6.45, 7) is 1.82. The maximum atomic E-state index is 12.9. The summed E-state index contributed by atoms with van der Waals surface area (Å²) in [5.41, 5.74) is 0.440. The number of carbonyl (C=O) groups is 2. The maximum Gasteiger partial charge on any atom is 0.289 e. The largest absolute Gasteiger partial charge is 0.345 e. The molecular weight excluding hydrogens is 368 g/mol. The third kappa shape index (κ3) is 3.36. The highest BCUT2D eigenvalue weighted by atomic mass is 16.2. The van der Waals surface area contributed by atoms with E-state index in [1.165, 1.54) is 12.6 Å². The van der Waals surface area contributed by atoms with E-state index in [-0.39, 0.29) is 28.7 Å². The van der Waals surface area contributed by atoms with Gasteiger partial charge in [-0.1, -0.05) is 0 Å². The van der Waals surface area contributed by atoms with Gasteiger partial charge in [-0.2, -0.15) is 0 Å². The topological polar surface area (TPSA) is 110 Å². The van der Waals surface area contributed by atoms with Crippen molar-refractivity contribution in [1.29, 1.82) is 0 Å². The van der Waals surface area contributed by atoms with Gasteiger partial charge in [-0.3, -0.25) is 14.6 Å². The Bertz CT molecular complexity index is 949. The quantitative estimate of drug-likeness (QED) is 0.821. The number of nitrogens with one attached hydrogen (secondary N) is 2. The van der Waals surface area contributed by atoms with E-state index in [1.807, 2.05) is 6.92 Å². The van der Waals surface area contributed by atoms with Crippen molar-refractivity contribution in [3.63, 3.8) is 0 Å². The van der Waals surface area contributed by atoms with Crippen LogP contribution in [0.25, 0.3) is 0 Å². The minimum Gasteiger partial charge on any atom is -0.345 e. The predicted molar refractivity (Wildman–Crippen MR) is 104 cm³/mol. The fraction of sp³-hybridized carbons (Fsp3) is 0.524. The van der Waals surface area contributed by atoms with E-state index in [4.69, 9.17) is 0 Å². The average Bonchev–Trinajstić information content (AvgIpc) is 2.67. The molecule has 2 aromatic rings. The van der Waals surface area contributed by atoms with Crippen LogP contribution in [-0.2, 0) is 0 Å². The van der Waals surface area contributed by atoms with E-state index >= 15 is 0 Å². The Morgan fingerprint density at radius 3 is 2.21 bits per heavy atom. The molecule has 4 aliphatic rings. The molecule has 2 aromatic heterocycles. The normalized spacial score (nSPS) is 32.0. The summed E-state index contributed by atoms with van der Waals surface area (Å²) >= 11 is 0. The summed E-state index contributed by atoms with van der Waals surface area (Å²) in [7, 11) is 0. The van der Waals surface area contributed by atoms with E-state index < -0.39 is 0 Å². The van der Waals surface area contributed by atoms with Crippen LogP contribution in [0.4, 0.5) is 0 Å². The molecule has 0 saturated heterocycles. The summed E-state index contributed by atoms with van der Waals surface area (Å²) in [6.07, 6.45) is 12.0. The fourth-order valence-electron chi connectivity index (χ4n) is 6.15. The van der Waals surface area contributed by atoms with Gasteiger partial charge in [0, 0.05) is 29.7 Å². The Kier molecular flexibility index (Phi) is 4.11. The molecule has 2 atom stereocenters. The first kappa shape index (κ1) is 18.1. The highest BCUT2D eigenvalue weighted by molar-refractivity contribution is 5.93. The molecule has 2 amide bonds. The van der Waals surface area contributed by atoms with Crippen molar-refractivity contribution in [1.82, 2.24) is 30.6 Å². The molecule has 0 radical (unpaired) electrons. The Morgan fingerprint density at radius 1 is 0.966 bits per heavy atom. The summed E-state index contributed by atoms with van der Waals surface area (Å²) in [6, 6.07) is 1.69. The molecule has 4 saturated carbocycles. The number of amides is 2. The predicted octanol–water partition coefficient (Wildman–Crippen LogP) is 1.83. The van der Waals surface area contributed by atoms with Crippen molar-refractivity contribution in [2.45, 2.75) is 56.5 Å². The second kappa shape index (κ2) is 6.57. The van der Waals surface area contributed by atoms with Gasteiger partial charge < -0.3 is 10.6 Å². The lowest BCUT2D eigenvalue weighted by molar-refractivity contribution is -0.0449. The third-order valence-corrected chi connectivity index (χ3v) is 6.57.